The first-order valence-electron chi connectivity index (χ1n) is 5.34. The Labute approximate surface area is 93.4 Å². The van der Waals surface area contributed by atoms with Crippen molar-refractivity contribution in [3.63, 3.8) is 0 Å². The van der Waals surface area contributed by atoms with Crippen molar-refractivity contribution in [3.8, 4) is 0 Å². The summed E-state index contributed by atoms with van der Waals surface area (Å²) in [5, 5.41) is 0. The van der Waals surface area contributed by atoms with Gasteiger partial charge in [-0.25, -0.2) is 0 Å². The molecule has 0 aliphatic heterocycles. The third kappa shape index (κ3) is 3.71. The lowest BCUT2D eigenvalue weighted by Crippen LogP contribution is -2.45. The fraction of sp³-hybridized carbons (Fsp3) is 1.00. The molecule has 0 saturated carbocycles. The minimum Gasteiger partial charge on any atom is -0.330 e. The van der Waals surface area contributed by atoms with E-state index in [1.165, 1.54) is 8.61 Å². The van der Waals surface area contributed by atoms with E-state index in [0.29, 0.717) is 26.1 Å². The molecule has 1 atom stereocenters. The molecule has 0 aliphatic carbocycles. The van der Waals surface area contributed by atoms with Gasteiger partial charge in [-0.05, 0) is 19.9 Å². The van der Waals surface area contributed by atoms with Gasteiger partial charge in [0.1, 0.15) is 0 Å². The SMILES string of the molecule is CCN(CC)S(=O)(=O)N(C)C(C)CCN. The molecule has 0 aromatic heterocycles. The standard InChI is InChI=1S/C9H23N3O2S/c1-5-12(6-2)15(13,14)11(4)9(3)7-8-10/h9H,5-8,10H2,1-4H3. The highest BCUT2D eigenvalue weighted by atomic mass is 32.2. The van der Waals surface area contributed by atoms with Gasteiger partial charge in [0, 0.05) is 26.2 Å². The van der Waals surface area contributed by atoms with Crippen LogP contribution in [-0.4, -0.2) is 49.8 Å². The molecule has 0 saturated heterocycles. The predicted molar refractivity (Wildman–Crippen MR) is 62.7 cm³/mol. The summed E-state index contributed by atoms with van der Waals surface area (Å²) in [5.74, 6) is 0. The maximum atomic E-state index is 12.0. The highest BCUT2D eigenvalue weighted by Crippen LogP contribution is 2.11. The largest absolute Gasteiger partial charge is 0.330 e. The van der Waals surface area contributed by atoms with Gasteiger partial charge < -0.3 is 5.73 Å². The molecule has 15 heavy (non-hydrogen) atoms. The number of nitrogens with zero attached hydrogens (tertiary/aromatic N) is 2. The average molecular weight is 237 g/mol. The third-order valence-electron chi connectivity index (χ3n) is 2.60. The van der Waals surface area contributed by atoms with E-state index in [1.54, 1.807) is 7.05 Å². The Morgan fingerprint density at radius 3 is 2.07 bits per heavy atom. The molecule has 0 aromatic rings. The Morgan fingerprint density at radius 2 is 1.73 bits per heavy atom. The van der Waals surface area contributed by atoms with E-state index in [2.05, 4.69) is 0 Å². The van der Waals surface area contributed by atoms with Gasteiger partial charge in [0.25, 0.3) is 10.2 Å². The molecule has 0 rings (SSSR count). The van der Waals surface area contributed by atoms with Crippen LogP contribution >= 0.6 is 0 Å². The quantitative estimate of drug-likeness (QED) is 0.690. The molecule has 6 heteroatoms. The van der Waals surface area contributed by atoms with Crippen molar-refractivity contribution in [3.05, 3.63) is 0 Å². The van der Waals surface area contributed by atoms with Gasteiger partial charge in [-0.15, -0.1) is 0 Å². The van der Waals surface area contributed by atoms with Crippen LogP contribution < -0.4 is 5.73 Å². The lowest BCUT2D eigenvalue weighted by molar-refractivity contribution is 0.327. The summed E-state index contributed by atoms with van der Waals surface area (Å²) < 4.78 is 26.9. The maximum Gasteiger partial charge on any atom is 0.281 e. The topological polar surface area (TPSA) is 66.6 Å². The van der Waals surface area contributed by atoms with Crippen LogP contribution in [0.25, 0.3) is 0 Å². The minimum atomic E-state index is -3.31. The second-order valence-electron chi connectivity index (χ2n) is 3.53. The maximum absolute atomic E-state index is 12.0. The first-order valence-corrected chi connectivity index (χ1v) is 6.74. The zero-order valence-electron chi connectivity index (χ0n) is 10.1. The van der Waals surface area contributed by atoms with Crippen LogP contribution in [0.1, 0.15) is 27.2 Å². The van der Waals surface area contributed by atoms with Crippen molar-refractivity contribution in [2.45, 2.75) is 33.2 Å². The summed E-state index contributed by atoms with van der Waals surface area (Å²) in [7, 11) is -1.71. The van der Waals surface area contributed by atoms with Crippen LogP contribution in [0.5, 0.6) is 0 Å². The van der Waals surface area contributed by atoms with E-state index in [4.69, 9.17) is 5.73 Å². The number of hydrogen-bond acceptors (Lipinski definition) is 3. The lowest BCUT2D eigenvalue weighted by atomic mass is 10.2. The van der Waals surface area contributed by atoms with Gasteiger partial charge in [-0.2, -0.15) is 17.0 Å². The monoisotopic (exact) mass is 237 g/mol. The Morgan fingerprint density at radius 1 is 1.27 bits per heavy atom. The zero-order chi connectivity index (χ0) is 12.1. The van der Waals surface area contributed by atoms with E-state index >= 15 is 0 Å². The molecule has 92 valence electrons. The molecule has 0 aromatic carbocycles. The van der Waals surface area contributed by atoms with Gasteiger partial charge in [-0.1, -0.05) is 13.8 Å². The van der Waals surface area contributed by atoms with E-state index in [9.17, 15) is 8.42 Å². The van der Waals surface area contributed by atoms with Crippen LogP contribution in [0.4, 0.5) is 0 Å². The number of hydrogen-bond donors (Lipinski definition) is 1. The second-order valence-corrected chi connectivity index (χ2v) is 5.52. The summed E-state index contributed by atoms with van der Waals surface area (Å²) in [4.78, 5) is 0. The molecule has 5 nitrogen and oxygen atoms in total. The first kappa shape index (κ1) is 14.8. The molecule has 0 fully saturated rings. The second kappa shape index (κ2) is 6.42. The summed E-state index contributed by atoms with van der Waals surface area (Å²) >= 11 is 0. The van der Waals surface area contributed by atoms with Crippen LogP contribution in [0, 0.1) is 0 Å². The Bertz CT molecular complexity index is 263. The average Bonchev–Trinajstić information content (AvgIpc) is 2.18. The van der Waals surface area contributed by atoms with Crippen molar-refractivity contribution in [2.75, 3.05) is 26.7 Å². The Balaban J connectivity index is 4.71. The van der Waals surface area contributed by atoms with Crippen LogP contribution in [-0.2, 0) is 10.2 Å². The Kier molecular flexibility index (Phi) is 6.35. The molecule has 0 heterocycles. The Hall–Kier alpha value is -0.170. The van der Waals surface area contributed by atoms with Crippen LogP contribution in [0.2, 0.25) is 0 Å². The molecule has 2 N–H and O–H groups in total. The van der Waals surface area contributed by atoms with Crippen LogP contribution in [0.3, 0.4) is 0 Å². The van der Waals surface area contributed by atoms with E-state index in [0.717, 1.165) is 0 Å². The van der Waals surface area contributed by atoms with Crippen molar-refractivity contribution < 1.29 is 8.42 Å². The van der Waals surface area contributed by atoms with E-state index < -0.39 is 10.2 Å². The fourth-order valence-corrected chi connectivity index (χ4v) is 2.96. The first-order chi connectivity index (χ1) is 6.91. The summed E-state index contributed by atoms with van der Waals surface area (Å²) in [6.45, 7) is 7.04. The summed E-state index contributed by atoms with van der Waals surface area (Å²) in [6.07, 6.45) is 0.678. The van der Waals surface area contributed by atoms with Gasteiger partial charge in [0.15, 0.2) is 0 Å². The molecular weight excluding hydrogens is 214 g/mol. The highest BCUT2D eigenvalue weighted by Gasteiger charge is 2.27. The third-order valence-corrected chi connectivity index (χ3v) is 4.86. The molecule has 0 aliphatic rings. The van der Waals surface area contributed by atoms with Gasteiger partial charge in [0.05, 0.1) is 0 Å². The van der Waals surface area contributed by atoms with E-state index in [1.807, 2.05) is 20.8 Å². The number of nitrogens with two attached hydrogens (primary N) is 1. The summed E-state index contributed by atoms with van der Waals surface area (Å²) in [6, 6.07) is -0.0550. The molecule has 1 unspecified atom stereocenters. The summed E-state index contributed by atoms with van der Waals surface area (Å²) in [5.41, 5.74) is 5.42. The number of rotatable bonds is 7. The predicted octanol–water partition coefficient (Wildman–Crippen LogP) is 0.242. The smallest absolute Gasteiger partial charge is 0.281 e. The van der Waals surface area contributed by atoms with Crippen LogP contribution in [0.15, 0.2) is 0 Å². The molecular formula is C9H23N3O2S. The minimum absolute atomic E-state index is 0.0550. The highest BCUT2D eigenvalue weighted by molar-refractivity contribution is 7.86. The van der Waals surface area contributed by atoms with Crippen molar-refractivity contribution in [1.29, 1.82) is 0 Å². The normalized spacial score (nSPS) is 14.9. The van der Waals surface area contributed by atoms with Crippen molar-refractivity contribution in [1.82, 2.24) is 8.61 Å². The van der Waals surface area contributed by atoms with Gasteiger partial charge >= 0.3 is 0 Å². The molecule has 0 amide bonds. The van der Waals surface area contributed by atoms with E-state index in [-0.39, 0.29) is 6.04 Å². The van der Waals surface area contributed by atoms with Crippen molar-refractivity contribution in [2.24, 2.45) is 5.73 Å². The van der Waals surface area contributed by atoms with Crippen molar-refractivity contribution >= 4 is 10.2 Å². The fourth-order valence-electron chi connectivity index (χ4n) is 1.38. The molecule has 0 radical (unpaired) electrons. The zero-order valence-corrected chi connectivity index (χ0v) is 10.9. The molecule has 0 spiro atoms. The molecule has 0 bridgehead atoms. The van der Waals surface area contributed by atoms with Gasteiger partial charge in [-0.3, -0.25) is 0 Å². The lowest BCUT2D eigenvalue weighted by Gasteiger charge is -2.29. The van der Waals surface area contributed by atoms with Gasteiger partial charge in [0.2, 0.25) is 0 Å².